The lowest BCUT2D eigenvalue weighted by Gasteiger charge is -2.30. The molecule has 1 saturated heterocycles. The number of anilines is 2. The molecule has 5 rings (SSSR count). The van der Waals surface area contributed by atoms with Gasteiger partial charge >= 0.3 is 5.97 Å². The molecule has 13 heteroatoms. The number of aromatic amines is 1. The quantitative estimate of drug-likeness (QED) is 0.257. The van der Waals surface area contributed by atoms with Crippen LogP contribution in [0.3, 0.4) is 0 Å². The van der Waals surface area contributed by atoms with E-state index in [0.717, 1.165) is 35.1 Å². The molecule has 0 aliphatic carbocycles. The minimum atomic E-state index is -0.438. The molecule has 1 unspecified atom stereocenters. The minimum Gasteiger partial charge on any atom is -0.493 e. The fraction of sp³-hybridized carbons (Fsp3) is 0.346. The maximum atomic E-state index is 11.7. The molecule has 1 fully saturated rings. The Balaban J connectivity index is 0.00000210. The summed E-state index contributed by atoms with van der Waals surface area (Å²) < 4.78 is 22.7. The summed E-state index contributed by atoms with van der Waals surface area (Å²) in [5, 5.41) is 5.70. The monoisotopic (exact) mass is 597 g/mol. The second-order valence-electron chi connectivity index (χ2n) is 8.69. The number of morpholine rings is 1. The van der Waals surface area contributed by atoms with Gasteiger partial charge in [-0.25, -0.2) is 9.97 Å². The average molecular weight is 599 g/mol. The molecule has 0 amide bonds. The number of halogens is 3. The van der Waals surface area contributed by atoms with Crippen molar-refractivity contribution < 1.29 is 23.7 Å². The molecule has 2 aromatic heterocycles. The van der Waals surface area contributed by atoms with E-state index in [0.29, 0.717) is 47.6 Å². The zero-order valence-electron chi connectivity index (χ0n) is 21.4. The SMILES string of the molecule is COc1cc2c(Nc3cccc4c(Cl)c[nH]c34)ncnc2cc1OCC(CN1CCOCC1)OC(C)=O.Cl.Cl. The van der Waals surface area contributed by atoms with Crippen molar-refractivity contribution in [3.63, 3.8) is 0 Å². The van der Waals surface area contributed by atoms with Gasteiger partial charge in [0.15, 0.2) is 11.5 Å². The first-order valence-corrected chi connectivity index (χ1v) is 12.3. The van der Waals surface area contributed by atoms with Gasteiger partial charge in [0.2, 0.25) is 0 Å². The number of benzene rings is 2. The average Bonchev–Trinajstić information content (AvgIpc) is 3.29. The van der Waals surface area contributed by atoms with Crippen molar-refractivity contribution in [2.24, 2.45) is 0 Å². The van der Waals surface area contributed by atoms with E-state index >= 15 is 0 Å². The number of ether oxygens (including phenoxy) is 4. The van der Waals surface area contributed by atoms with Crippen LogP contribution in [-0.4, -0.2) is 78.5 Å². The Hall–Kier alpha value is -3.02. The summed E-state index contributed by atoms with van der Waals surface area (Å²) in [6.07, 6.45) is 2.80. The van der Waals surface area contributed by atoms with Crippen molar-refractivity contribution in [3.8, 4) is 11.5 Å². The molecule has 1 atom stereocenters. The summed E-state index contributed by atoms with van der Waals surface area (Å²) in [5.41, 5.74) is 2.38. The number of hydrogen-bond donors (Lipinski definition) is 2. The van der Waals surface area contributed by atoms with Crippen LogP contribution in [0.2, 0.25) is 5.02 Å². The van der Waals surface area contributed by atoms with Gasteiger partial charge in [-0.2, -0.15) is 0 Å². The number of aromatic nitrogens is 3. The number of esters is 1. The number of nitrogens with zero attached hydrogens (tertiary/aromatic N) is 3. The Bertz CT molecular complexity index is 1410. The number of methoxy groups -OCH3 is 1. The number of rotatable bonds is 9. The summed E-state index contributed by atoms with van der Waals surface area (Å²) in [6.45, 7) is 5.02. The van der Waals surface area contributed by atoms with Crippen LogP contribution in [-0.2, 0) is 14.3 Å². The zero-order valence-corrected chi connectivity index (χ0v) is 23.8. The van der Waals surface area contributed by atoms with E-state index < -0.39 is 6.10 Å². The second-order valence-corrected chi connectivity index (χ2v) is 9.09. The van der Waals surface area contributed by atoms with Gasteiger partial charge in [-0.05, 0) is 12.1 Å². The molecule has 0 bridgehead atoms. The van der Waals surface area contributed by atoms with Crippen LogP contribution >= 0.6 is 36.4 Å². The van der Waals surface area contributed by atoms with E-state index in [1.54, 1.807) is 19.4 Å². The lowest BCUT2D eigenvalue weighted by Crippen LogP contribution is -2.43. The maximum absolute atomic E-state index is 11.7. The Morgan fingerprint density at radius 2 is 1.97 bits per heavy atom. The Kier molecular flexibility index (Phi) is 10.8. The van der Waals surface area contributed by atoms with Crippen molar-refractivity contribution in [1.29, 1.82) is 0 Å². The van der Waals surface area contributed by atoms with Crippen LogP contribution in [0.1, 0.15) is 6.92 Å². The van der Waals surface area contributed by atoms with Crippen molar-refractivity contribution in [1.82, 2.24) is 19.9 Å². The predicted molar refractivity (Wildman–Crippen MR) is 155 cm³/mol. The third-order valence-corrected chi connectivity index (χ3v) is 6.47. The fourth-order valence-corrected chi connectivity index (χ4v) is 4.61. The Morgan fingerprint density at radius 1 is 1.18 bits per heavy atom. The highest BCUT2D eigenvalue weighted by Crippen LogP contribution is 2.36. The molecule has 0 saturated carbocycles. The topological polar surface area (TPSA) is 111 Å². The molecule has 210 valence electrons. The van der Waals surface area contributed by atoms with Crippen molar-refractivity contribution in [2.45, 2.75) is 13.0 Å². The third kappa shape index (κ3) is 7.14. The Labute approximate surface area is 243 Å². The molecule has 2 N–H and O–H groups in total. The number of hydrogen-bond acceptors (Lipinski definition) is 9. The smallest absolute Gasteiger partial charge is 0.303 e. The molecule has 10 nitrogen and oxygen atoms in total. The number of carbonyl (C=O) groups is 1. The van der Waals surface area contributed by atoms with Gasteiger partial charge in [0.1, 0.15) is 24.9 Å². The summed E-state index contributed by atoms with van der Waals surface area (Å²) >= 11 is 6.28. The molecule has 1 aliphatic heterocycles. The summed E-state index contributed by atoms with van der Waals surface area (Å²) in [6, 6.07) is 9.45. The maximum Gasteiger partial charge on any atom is 0.303 e. The normalized spacial score (nSPS) is 14.2. The molecule has 39 heavy (non-hydrogen) atoms. The lowest BCUT2D eigenvalue weighted by molar-refractivity contribution is -0.149. The molecule has 4 aromatic rings. The van der Waals surface area contributed by atoms with E-state index in [-0.39, 0.29) is 37.4 Å². The van der Waals surface area contributed by atoms with E-state index in [2.05, 4.69) is 25.2 Å². The van der Waals surface area contributed by atoms with Gasteiger partial charge in [-0.1, -0.05) is 23.7 Å². The first-order valence-electron chi connectivity index (χ1n) is 12.0. The van der Waals surface area contributed by atoms with Crippen LogP contribution in [0.25, 0.3) is 21.8 Å². The van der Waals surface area contributed by atoms with Gasteiger partial charge < -0.3 is 29.2 Å². The fourth-order valence-electron chi connectivity index (χ4n) is 4.40. The predicted octanol–water partition coefficient (Wildman–Crippen LogP) is 5.00. The van der Waals surface area contributed by atoms with E-state index in [1.165, 1.54) is 13.3 Å². The third-order valence-electron chi connectivity index (χ3n) is 6.16. The van der Waals surface area contributed by atoms with Crippen LogP contribution in [0, 0.1) is 0 Å². The minimum absolute atomic E-state index is 0. The van der Waals surface area contributed by atoms with Gasteiger partial charge in [0.25, 0.3) is 0 Å². The number of para-hydroxylation sites is 1. The van der Waals surface area contributed by atoms with E-state index in [1.807, 2.05) is 24.3 Å². The van der Waals surface area contributed by atoms with Crippen LogP contribution in [0.5, 0.6) is 11.5 Å². The van der Waals surface area contributed by atoms with Crippen molar-refractivity contribution in [2.75, 3.05) is 51.9 Å². The highest BCUT2D eigenvalue weighted by Gasteiger charge is 2.21. The van der Waals surface area contributed by atoms with Crippen LogP contribution < -0.4 is 14.8 Å². The van der Waals surface area contributed by atoms with E-state index in [4.69, 9.17) is 30.5 Å². The van der Waals surface area contributed by atoms with Crippen LogP contribution in [0.4, 0.5) is 11.5 Å². The van der Waals surface area contributed by atoms with Crippen molar-refractivity contribution in [3.05, 3.63) is 47.9 Å². The summed E-state index contributed by atoms with van der Waals surface area (Å²) in [5.74, 6) is 1.27. The van der Waals surface area contributed by atoms with Crippen molar-refractivity contribution >= 4 is 75.7 Å². The highest BCUT2D eigenvalue weighted by molar-refractivity contribution is 6.36. The highest BCUT2D eigenvalue weighted by atomic mass is 35.5. The number of carbonyl (C=O) groups excluding carboxylic acids is 1. The first kappa shape index (κ1) is 30.5. The van der Waals surface area contributed by atoms with Gasteiger partial charge in [-0.3, -0.25) is 9.69 Å². The molecule has 1 aliphatic rings. The molecular formula is C26H30Cl3N5O5. The number of fused-ring (bicyclic) bond motifs is 2. The molecule has 3 heterocycles. The zero-order chi connectivity index (χ0) is 25.8. The van der Waals surface area contributed by atoms with Crippen LogP contribution in [0.15, 0.2) is 42.9 Å². The second kappa shape index (κ2) is 13.9. The molecule has 2 aromatic carbocycles. The molecular weight excluding hydrogens is 569 g/mol. The van der Waals surface area contributed by atoms with Gasteiger partial charge in [-0.15, -0.1) is 24.8 Å². The lowest BCUT2D eigenvalue weighted by atomic mass is 10.2. The first-order chi connectivity index (χ1) is 18.0. The van der Waals surface area contributed by atoms with Gasteiger partial charge in [0, 0.05) is 49.6 Å². The summed E-state index contributed by atoms with van der Waals surface area (Å²) in [7, 11) is 1.57. The summed E-state index contributed by atoms with van der Waals surface area (Å²) in [4.78, 5) is 26.0. The largest absolute Gasteiger partial charge is 0.493 e. The standard InChI is InChI=1S/C26H28ClN5O5.2ClH/c1-16(33)37-17(13-32-6-8-35-9-7-32)14-36-24-11-22-19(10-23(24)34-2)26(30-15-29-22)31-21-5-3-4-18-20(27)12-28-25(18)21;;/h3-5,10-12,15,17,28H,6-9,13-14H2,1-2H3,(H,29,30,31);2*1H. The number of nitrogens with one attached hydrogen (secondary N) is 2. The van der Waals surface area contributed by atoms with E-state index in [9.17, 15) is 4.79 Å². The molecule has 0 spiro atoms. The number of H-pyrrole nitrogens is 1. The molecule has 0 radical (unpaired) electrons. The Morgan fingerprint density at radius 3 is 2.72 bits per heavy atom. The van der Waals surface area contributed by atoms with Gasteiger partial charge in [0.05, 0.1) is 42.1 Å².